The number of benzene rings is 2. The molecule has 8 nitrogen and oxygen atoms in total. The second-order valence-electron chi connectivity index (χ2n) is 14.6. The maximum Gasteiger partial charge on any atom is 0.227 e. The number of H-pyrrole nitrogens is 2. The van der Waals surface area contributed by atoms with Crippen LogP contribution in [0.25, 0.3) is 33.6 Å². The van der Waals surface area contributed by atoms with Crippen molar-refractivity contribution in [2.24, 2.45) is 23.7 Å². The monoisotopic (exact) mass is 610 g/mol. The zero-order valence-corrected chi connectivity index (χ0v) is 25.8. The van der Waals surface area contributed by atoms with Crippen molar-refractivity contribution >= 4 is 11.8 Å². The number of carbonyl (C=O) groups is 2. The van der Waals surface area contributed by atoms with Gasteiger partial charge in [-0.2, -0.15) is 0 Å². The van der Waals surface area contributed by atoms with E-state index in [1.807, 2.05) is 25.2 Å². The van der Waals surface area contributed by atoms with E-state index in [4.69, 9.17) is 9.97 Å². The van der Waals surface area contributed by atoms with Gasteiger partial charge in [0.15, 0.2) is 0 Å². The van der Waals surface area contributed by atoms with E-state index < -0.39 is 0 Å². The molecular formula is C38H38N6O2. The highest BCUT2D eigenvalue weighted by Crippen LogP contribution is 2.55. The molecule has 6 fully saturated rings. The summed E-state index contributed by atoms with van der Waals surface area (Å²) in [6.07, 6.45) is 16.6. The number of piperidine rings is 2. The molecule has 0 spiro atoms. The third-order valence-electron chi connectivity index (χ3n) is 11.3. The zero-order chi connectivity index (χ0) is 30.5. The van der Waals surface area contributed by atoms with Crippen LogP contribution in [0.3, 0.4) is 0 Å². The molecule has 2 aromatic heterocycles. The maximum atomic E-state index is 13.0. The molecule has 10 rings (SSSR count). The number of aromatic nitrogens is 4. The van der Waals surface area contributed by atoms with Gasteiger partial charge in [-0.1, -0.05) is 48.5 Å². The minimum atomic E-state index is 0.0553. The number of fused-ring (bicyclic) bond motifs is 2. The summed E-state index contributed by atoms with van der Waals surface area (Å²) < 4.78 is 0. The SMILES string of the molecule is O=C([CH]C1CC1)N1C(c2ncc(-c3ccc(-c4ccc(-c5cnc([C@@H]6C[C@@H]7CC7N6C(=O)[CH]C6CC6)[nH]5)cc4)cc3)[nH]2)CC2CC21. The van der Waals surface area contributed by atoms with E-state index in [-0.39, 0.29) is 23.9 Å². The molecule has 2 radical (unpaired) electrons. The summed E-state index contributed by atoms with van der Waals surface area (Å²) in [6, 6.07) is 18.1. The molecule has 6 atom stereocenters. The number of hydrogen-bond donors (Lipinski definition) is 2. The van der Waals surface area contributed by atoms with Crippen LogP contribution in [-0.4, -0.2) is 53.6 Å². The van der Waals surface area contributed by atoms with Crippen molar-refractivity contribution in [2.45, 2.75) is 75.5 Å². The van der Waals surface area contributed by atoms with E-state index in [9.17, 15) is 9.59 Å². The van der Waals surface area contributed by atoms with Gasteiger partial charge in [0.1, 0.15) is 11.6 Å². The first-order chi connectivity index (χ1) is 22.6. The van der Waals surface area contributed by atoms with Crippen LogP contribution in [0.1, 0.15) is 75.1 Å². The molecule has 4 unspecified atom stereocenters. The lowest BCUT2D eigenvalue weighted by molar-refractivity contribution is -0.130. The summed E-state index contributed by atoms with van der Waals surface area (Å²) in [5, 5.41) is 0. The summed E-state index contributed by atoms with van der Waals surface area (Å²) >= 11 is 0. The van der Waals surface area contributed by atoms with E-state index in [0.717, 1.165) is 96.7 Å². The summed E-state index contributed by atoms with van der Waals surface area (Å²) in [7, 11) is 0. The normalized spacial score (nSPS) is 29.1. The van der Waals surface area contributed by atoms with Crippen molar-refractivity contribution in [1.82, 2.24) is 29.7 Å². The second kappa shape index (κ2) is 10.1. The molecule has 4 aromatic rings. The minimum Gasteiger partial charge on any atom is -0.340 e. The van der Waals surface area contributed by atoms with Gasteiger partial charge in [0, 0.05) is 12.1 Å². The molecule has 46 heavy (non-hydrogen) atoms. The Morgan fingerprint density at radius 1 is 0.587 bits per heavy atom. The second-order valence-corrected chi connectivity index (χ2v) is 14.6. The molecule has 8 heteroatoms. The van der Waals surface area contributed by atoms with Gasteiger partial charge in [-0.05, 0) is 97.3 Å². The lowest BCUT2D eigenvalue weighted by Gasteiger charge is -2.26. The fraction of sp³-hybridized carbons (Fsp3) is 0.421. The third-order valence-corrected chi connectivity index (χ3v) is 11.3. The fourth-order valence-corrected chi connectivity index (χ4v) is 8.13. The Labute approximate surface area is 269 Å². The fourth-order valence-electron chi connectivity index (χ4n) is 8.13. The highest BCUT2D eigenvalue weighted by Gasteiger charge is 2.56. The standard InChI is InChI=1S/C38H38N6O2/c45-35(13-21-1-2-21)43-31-15-27(31)17-33(43)37-39-19-29(41-37)25-9-5-23(6-10-25)24-7-11-26(12-8-24)30-20-40-38(42-30)34-18-28-16-32(28)44(34)36(46)14-22-3-4-22/h5-14,19-22,27-28,31-34H,1-4,15-18H2,(H,39,41)(H,40,42)/t27-,28?,31?,32?,33-,34?/m0/s1. The van der Waals surface area contributed by atoms with Gasteiger partial charge in [-0.25, -0.2) is 9.97 Å². The first-order valence-electron chi connectivity index (χ1n) is 17.2. The topological polar surface area (TPSA) is 98.0 Å². The largest absolute Gasteiger partial charge is 0.340 e. The third kappa shape index (κ3) is 4.79. The Hall–Kier alpha value is -4.20. The molecule has 232 valence electrons. The minimum absolute atomic E-state index is 0.0553. The highest BCUT2D eigenvalue weighted by molar-refractivity contribution is 5.87. The van der Waals surface area contributed by atoms with Crippen LogP contribution in [0.2, 0.25) is 0 Å². The molecule has 2 saturated heterocycles. The van der Waals surface area contributed by atoms with Crippen molar-refractivity contribution in [3.63, 3.8) is 0 Å². The Kier molecular flexibility index (Phi) is 5.95. The lowest BCUT2D eigenvalue weighted by atomic mass is 10.0. The van der Waals surface area contributed by atoms with Crippen LogP contribution < -0.4 is 0 Å². The number of hydrogen-bond acceptors (Lipinski definition) is 4. The van der Waals surface area contributed by atoms with Gasteiger partial charge in [0.25, 0.3) is 0 Å². The van der Waals surface area contributed by atoms with Crippen LogP contribution in [0.4, 0.5) is 0 Å². The molecule has 2 aromatic carbocycles. The molecular weight excluding hydrogens is 572 g/mol. The van der Waals surface area contributed by atoms with Gasteiger partial charge in [-0.3, -0.25) is 9.59 Å². The number of carbonyl (C=O) groups excluding carboxylic acids is 2. The Bertz CT molecular complexity index is 1680. The Morgan fingerprint density at radius 2 is 0.978 bits per heavy atom. The molecule has 4 saturated carbocycles. The van der Waals surface area contributed by atoms with Gasteiger partial charge < -0.3 is 19.8 Å². The molecule has 4 aliphatic carbocycles. The summed E-state index contributed by atoms with van der Waals surface area (Å²) in [5.74, 6) is 4.44. The van der Waals surface area contributed by atoms with E-state index in [2.05, 4.69) is 68.3 Å². The molecule has 2 N–H and O–H groups in total. The zero-order valence-electron chi connectivity index (χ0n) is 25.8. The molecule has 6 aliphatic rings. The van der Waals surface area contributed by atoms with Crippen molar-refractivity contribution in [1.29, 1.82) is 0 Å². The predicted molar refractivity (Wildman–Crippen MR) is 173 cm³/mol. The Balaban J connectivity index is 0.817. The smallest absolute Gasteiger partial charge is 0.227 e. The van der Waals surface area contributed by atoms with Crippen LogP contribution in [0, 0.1) is 36.5 Å². The van der Waals surface area contributed by atoms with Gasteiger partial charge in [0.2, 0.25) is 11.8 Å². The van der Waals surface area contributed by atoms with Crippen LogP contribution in [0.15, 0.2) is 60.9 Å². The van der Waals surface area contributed by atoms with E-state index in [0.29, 0.717) is 35.8 Å². The Morgan fingerprint density at radius 3 is 1.37 bits per heavy atom. The number of imidazole rings is 2. The average Bonchev–Trinajstić information content (AvgIpc) is 4.06. The predicted octanol–water partition coefficient (Wildman–Crippen LogP) is 6.69. The molecule has 2 amide bonds. The molecule has 0 bridgehead atoms. The van der Waals surface area contributed by atoms with Gasteiger partial charge in [-0.15, -0.1) is 0 Å². The van der Waals surface area contributed by atoms with Crippen LogP contribution in [-0.2, 0) is 9.59 Å². The lowest BCUT2D eigenvalue weighted by Crippen LogP contribution is -2.34. The van der Waals surface area contributed by atoms with Crippen molar-refractivity contribution < 1.29 is 9.59 Å². The summed E-state index contributed by atoms with van der Waals surface area (Å²) in [4.78, 5) is 46.8. The highest BCUT2D eigenvalue weighted by atomic mass is 16.2. The first-order valence-corrected chi connectivity index (χ1v) is 17.2. The van der Waals surface area contributed by atoms with Crippen LogP contribution in [0.5, 0.6) is 0 Å². The average molecular weight is 611 g/mol. The quantitative estimate of drug-likeness (QED) is 0.221. The van der Waals surface area contributed by atoms with Gasteiger partial charge in [0.05, 0.1) is 48.7 Å². The summed E-state index contributed by atoms with van der Waals surface area (Å²) in [6.45, 7) is 0. The van der Waals surface area contributed by atoms with Crippen molar-refractivity contribution in [2.75, 3.05) is 0 Å². The first kappa shape index (κ1) is 27.0. The number of likely N-dealkylation sites (tertiary alicyclic amines) is 2. The number of nitrogens with zero attached hydrogens (tertiary/aromatic N) is 4. The summed E-state index contributed by atoms with van der Waals surface area (Å²) in [5.41, 5.74) is 6.43. The maximum absolute atomic E-state index is 13.0. The number of amides is 2. The van der Waals surface area contributed by atoms with E-state index >= 15 is 0 Å². The number of nitrogens with one attached hydrogen (secondary N) is 2. The van der Waals surface area contributed by atoms with Crippen molar-refractivity contribution in [3.05, 3.63) is 85.4 Å². The van der Waals surface area contributed by atoms with E-state index in [1.165, 1.54) is 0 Å². The molecule has 2 aliphatic heterocycles. The van der Waals surface area contributed by atoms with E-state index in [1.54, 1.807) is 0 Å². The van der Waals surface area contributed by atoms with Gasteiger partial charge >= 0.3 is 0 Å². The molecule has 4 heterocycles. The van der Waals surface area contributed by atoms with Crippen LogP contribution >= 0.6 is 0 Å². The number of aromatic amines is 2. The van der Waals surface area contributed by atoms with Crippen molar-refractivity contribution in [3.8, 4) is 33.6 Å². The number of rotatable bonds is 9.